The van der Waals surface area contributed by atoms with E-state index < -0.39 is 0 Å². The van der Waals surface area contributed by atoms with Crippen LogP contribution in [0.3, 0.4) is 0 Å². The number of hydrogen-bond acceptors (Lipinski definition) is 2. The van der Waals surface area contributed by atoms with Crippen LogP contribution in [0.1, 0.15) is 52.4 Å². The molecular weight excluding hydrogens is 208 g/mol. The third-order valence-corrected chi connectivity index (χ3v) is 2.48. The maximum Gasteiger partial charge on any atom is 0.220 e. The number of hydrogen-bond donors (Lipinski definition) is 2. The van der Waals surface area contributed by atoms with Crippen LogP contribution in [-0.2, 0) is 4.79 Å². The lowest BCUT2D eigenvalue weighted by atomic mass is 10.1. The summed E-state index contributed by atoms with van der Waals surface area (Å²) in [6, 6.07) is 0.108. The molecule has 3 nitrogen and oxygen atoms in total. The quantitative estimate of drug-likeness (QED) is 0.496. The predicted octanol–water partition coefficient (Wildman–Crippen LogP) is 2.14. The molecule has 1 atom stereocenters. The molecule has 1 amide bonds. The van der Waals surface area contributed by atoms with Gasteiger partial charge in [0.05, 0.1) is 4.99 Å². The molecule has 0 aromatic rings. The Bertz CT molecular complexity index is 207. The molecule has 15 heavy (non-hydrogen) atoms. The lowest BCUT2D eigenvalue weighted by Crippen LogP contribution is -2.36. The second-order valence-electron chi connectivity index (χ2n) is 3.80. The van der Waals surface area contributed by atoms with Gasteiger partial charge in [0.15, 0.2) is 0 Å². The van der Waals surface area contributed by atoms with Crippen molar-refractivity contribution in [1.82, 2.24) is 5.32 Å². The highest BCUT2D eigenvalue weighted by Gasteiger charge is 2.10. The highest BCUT2D eigenvalue weighted by molar-refractivity contribution is 7.80. The molecule has 4 heteroatoms. The average Bonchev–Trinajstić information content (AvgIpc) is 2.16. The Morgan fingerprint density at radius 2 is 2.07 bits per heavy atom. The number of nitrogens with two attached hydrogens (primary N) is 1. The van der Waals surface area contributed by atoms with Gasteiger partial charge in [0.25, 0.3) is 0 Å². The van der Waals surface area contributed by atoms with Gasteiger partial charge in [-0.1, -0.05) is 38.9 Å². The van der Waals surface area contributed by atoms with E-state index in [-0.39, 0.29) is 11.9 Å². The maximum atomic E-state index is 11.5. The van der Waals surface area contributed by atoms with Crippen LogP contribution in [0.2, 0.25) is 0 Å². The van der Waals surface area contributed by atoms with Gasteiger partial charge < -0.3 is 11.1 Å². The largest absolute Gasteiger partial charge is 0.393 e. The number of carbonyl (C=O) groups is 1. The molecule has 0 fully saturated rings. The van der Waals surface area contributed by atoms with Crippen LogP contribution in [0.5, 0.6) is 0 Å². The first-order valence-electron chi connectivity index (χ1n) is 5.67. The van der Waals surface area contributed by atoms with Crippen LogP contribution < -0.4 is 11.1 Å². The first-order valence-corrected chi connectivity index (χ1v) is 6.08. The molecule has 0 aliphatic carbocycles. The smallest absolute Gasteiger partial charge is 0.220 e. The first-order chi connectivity index (χ1) is 7.10. The fourth-order valence-electron chi connectivity index (χ4n) is 1.38. The van der Waals surface area contributed by atoms with Crippen LogP contribution in [-0.4, -0.2) is 16.9 Å². The molecule has 0 heterocycles. The van der Waals surface area contributed by atoms with E-state index >= 15 is 0 Å². The monoisotopic (exact) mass is 230 g/mol. The normalized spacial score (nSPS) is 12.1. The lowest BCUT2D eigenvalue weighted by molar-refractivity contribution is -0.121. The van der Waals surface area contributed by atoms with E-state index in [2.05, 4.69) is 12.2 Å². The Morgan fingerprint density at radius 1 is 1.40 bits per heavy atom. The van der Waals surface area contributed by atoms with E-state index in [0.29, 0.717) is 17.8 Å². The van der Waals surface area contributed by atoms with Crippen molar-refractivity contribution in [1.29, 1.82) is 0 Å². The molecule has 0 radical (unpaired) electrons. The van der Waals surface area contributed by atoms with Crippen molar-refractivity contribution in [2.75, 3.05) is 0 Å². The Balaban J connectivity index is 3.75. The summed E-state index contributed by atoms with van der Waals surface area (Å²) in [5.74, 6) is 0.117. The van der Waals surface area contributed by atoms with Gasteiger partial charge in [-0.2, -0.15) is 0 Å². The van der Waals surface area contributed by atoms with Gasteiger partial charge in [-0.15, -0.1) is 0 Å². The van der Waals surface area contributed by atoms with E-state index in [4.69, 9.17) is 18.0 Å². The van der Waals surface area contributed by atoms with Gasteiger partial charge in [0.2, 0.25) is 5.91 Å². The molecule has 1 unspecified atom stereocenters. The van der Waals surface area contributed by atoms with Gasteiger partial charge in [-0.25, -0.2) is 0 Å². The molecule has 88 valence electrons. The number of nitrogens with one attached hydrogen (secondary N) is 1. The maximum absolute atomic E-state index is 11.5. The summed E-state index contributed by atoms with van der Waals surface area (Å²) in [6.07, 6.45) is 5.30. The summed E-state index contributed by atoms with van der Waals surface area (Å²) in [5.41, 5.74) is 5.45. The molecule has 0 bridgehead atoms. The van der Waals surface area contributed by atoms with Crippen LogP contribution >= 0.6 is 12.2 Å². The average molecular weight is 230 g/mol. The van der Waals surface area contributed by atoms with Crippen molar-refractivity contribution >= 4 is 23.1 Å². The fourth-order valence-corrected chi connectivity index (χ4v) is 1.58. The zero-order valence-electron chi connectivity index (χ0n) is 9.71. The highest BCUT2D eigenvalue weighted by atomic mass is 32.1. The molecule has 0 saturated heterocycles. The topological polar surface area (TPSA) is 55.1 Å². The molecule has 3 N–H and O–H groups in total. The molecule has 0 saturated carbocycles. The minimum absolute atomic E-state index is 0.108. The minimum atomic E-state index is 0.108. The summed E-state index contributed by atoms with van der Waals surface area (Å²) < 4.78 is 0. The Labute approximate surface area is 97.8 Å². The summed E-state index contributed by atoms with van der Waals surface area (Å²) >= 11 is 4.82. The standard InChI is InChI=1S/C11H22N2OS/c1-3-5-6-7-11(14)13-9(4-2)8-10(12)15/h9H,3-8H2,1-2H3,(H2,12,15)(H,13,14). The Hall–Kier alpha value is -0.640. The van der Waals surface area contributed by atoms with Gasteiger partial charge in [-0.3, -0.25) is 4.79 Å². The van der Waals surface area contributed by atoms with E-state index in [1.807, 2.05) is 6.92 Å². The van der Waals surface area contributed by atoms with Crippen LogP contribution in [0, 0.1) is 0 Å². The van der Waals surface area contributed by atoms with Gasteiger partial charge in [-0.05, 0) is 12.8 Å². The lowest BCUT2D eigenvalue weighted by Gasteiger charge is -2.15. The second kappa shape index (κ2) is 8.65. The number of amides is 1. The molecule has 0 aromatic carbocycles. The van der Waals surface area contributed by atoms with Crippen molar-refractivity contribution in [3.63, 3.8) is 0 Å². The number of thiocarbonyl (C=S) groups is 1. The van der Waals surface area contributed by atoms with Gasteiger partial charge in [0, 0.05) is 18.9 Å². The number of unbranched alkanes of at least 4 members (excludes halogenated alkanes) is 2. The van der Waals surface area contributed by atoms with Crippen LogP contribution in [0.25, 0.3) is 0 Å². The second-order valence-corrected chi connectivity index (χ2v) is 4.32. The molecular formula is C11H22N2OS. The van der Waals surface area contributed by atoms with E-state index in [1.54, 1.807) is 0 Å². The summed E-state index contributed by atoms with van der Waals surface area (Å²) in [6.45, 7) is 4.15. The summed E-state index contributed by atoms with van der Waals surface area (Å²) in [5, 5.41) is 2.95. The predicted molar refractivity (Wildman–Crippen MR) is 67.8 cm³/mol. The highest BCUT2D eigenvalue weighted by Crippen LogP contribution is 2.02. The van der Waals surface area contributed by atoms with Gasteiger partial charge >= 0.3 is 0 Å². The zero-order chi connectivity index (χ0) is 11.7. The molecule has 0 aliphatic rings. The van der Waals surface area contributed by atoms with Crippen LogP contribution in [0.15, 0.2) is 0 Å². The minimum Gasteiger partial charge on any atom is -0.393 e. The van der Waals surface area contributed by atoms with Crippen molar-refractivity contribution in [2.24, 2.45) is 5.73 Å². The van der Waals surface area contributed by atoms with Crippen molar-refractivity contribution in [2.45, 2.75) is 58.4 Å². The van der Waals surface area contributed by atoms with Crippen LogP contribution in [0.4, 0.5) is 0 Å². The SMILES string of the molecule is CCCCCC(=O)NC(CC)CC(N)=S. The molecule has 0 spiro atoms. The third-order valence-electron chi connectivity index (χ3n) is 2.31. The van der Waals surface area contributed by atoms with E-state index in [0.717, 1.165) is 25.7 Å². The fraction of sp³-hybridized carbons (Fsp3) is 0.818. The van der Waals surface area contributed by atoms with E-state index in [1.165, 1.54) is 0 Å². The summed E-state index contributed by atoms with van der Waals surface area (Å²) in [7, 11) is 0. The van der Waals surface area contributed by atoms with Crippen molar-refractivity contribution < 1.29 is 4.79 Å². The van der Waals surface area contributed by atoms with Crippen molar-refractivity contribution in [3.8, 4) is 0 Å². The summed E-state index contributed by atoms with van der Waals surface area (Å²) in [4.78, 5) is 11.9. The molecule has 0 aliphatic heterocycles. The number of carbonyl (C=O) groups excluding carboxylic acids is 1. The first kappa shape index (κ1) is 14.4. The third kappa shape index (κ3) is 8.36. The Kier molecular flexibility index (Phi) is 8.28. The zero-order valence-corrected chi connectivity index (χ0v) is 10.5. The molecule has 0 aromatic heterocycles. The molecule has 0 rings (SSSR count). The van der Waals surface area contributed by atoms with E-state index in [9.17, 15) is 4.79 Å². The number of rotatable bonds is 8. The van der Waals surface area contributed by atoms with Gasteiger partial charge in [0.1, 0.15) is 0 Å². The van der Waals surface area contributed by atoms with Crippen molar-refractivity contribution in [3.05, 3.63) is 0 Å². The Morgan fingerprint density at radius 3 is 2.53 bits per heavy atom.